The van der Waals surface area contributed by atoms with Gasteiger partial charge in [0, 0.05) is 24.4 Å². The Morgan fingerprint density at radius 1 is 1.27 bits per heavy atom. The normalized spacial score (nSPS) is 10.7. The summed E-state index contributed by atoms with van der Waals surface area (Å²) < 4.78 is 7.28. The number of halogens is 1. The molecule has 0 atom stereocenters. The average molecular weight is 316 g/mol. The standard InChI is InChI=1S/C16H14ClN3O2/c1-10-9-15(19-20(10)2)18-16(21)14-8-7-13(22-14)11-5-3-4-6-12(11)17/h3-9H,1-2H3,(H,18,19,21). The van der Waals surface area contributed by atoms with Crippen molar-refractivity contribution in [2.75, 3.05) is 5.32 Å². The van der Waals surface area contributed by atoms with Gasteiger partial charge in [-0.15, -0.1) is 0 Å². The van der Waals surface area contributed by atoms with E-state index in [9.17, 15) is 4.79 Å². The number of aryl methyl sites for hydroxylation is 2. The highest BCUT2D eigenvalue weighted by Gasteiger charge is 2.15. The highest BCUT2D eigenvalue weighted by molar-refractivity contribution is 6.33. The first-order valence-electron chi connectivity index (χ1n) is 6.71. The van der Waals surface area contributed by atoms with E-state index in [-0.39, 0.29) is 11.7 Å². The van der Waals surface area contributed by atoms with E-state index in [4.69, 9.17) is 16.0 Å². The quantitative estimate of drug-likeness (QED) is 0.797. The molecule has 0 fully saturated rings. The third-order valence-corrected chi connectivity index (χ3v) is 3.65. The number of furan rings is 1. The summed E-state index contributed by atoms with van der Waals surface area (Å²) >= 11 is 6.12. The molecule has 0 aliphatic carbocycles. The second-order valence-electron chi connectivity index (χ2n) is 4.89. The van der Waals surface area contributed by atoms with Crippen molar-refractivity contribution in [3.05, 3.63) is 58.9 Å². The molecule has 1 amide bonds. The highest BCUT2D eigenvalue weighted by atomic mass is 35.5. The van der Waals surface area contributed by atoms with Crippen molar-refractivity contribution < 1.29 is 9.21 Å². The Balaban J connectivity index is 1.81. The lowest BCUT2D eigenvalue weighted by Gasteiger charge is -2.00. The van der Waals surface area contributed by atoms with Gasteiger partial charge < -0.3 is 9.73 Å². The predicted octanol–water partition coefficient (Wildman–Crippen LogP) is 3.89. The monoisotopic (exact) mass is 315 g/mol. The highest BCUT2D eigenvalue weighted by Crippen LogP contribution is 2.29. The van der Waals surface area contributed by atoms with E-state index >= 15 is 0 Å². The number of aromatic nitrogens is 2. The maximum Gasteiger partial charge on any atom is 0.292 e. The third kappa shape index (κ3) is 2.76. The Morgan fingerprint density at radius 3 is 2.73 bits per heavy atom. The summed E-state index contributed by atoms with van der Waals surface area (Å²) in [6.07, 6.45) is 0. The number of nitrogens with zero attached hydrogens (tertiary/aromatic N) is 2. The number of rotatable bonds is 3. The minimum absolute atomic E-state index is 0.207. The van der Waals surface area contributed by atoms with Crippen LogP contribution in [-0.2, 0) is 7.05 Å². The minimum atomic E-state index is -0.351. The predicted molar refractivity (Wildman–Crippen MR) is 85.1 cm³/mol. The average Bonchev–Trinajstić information content (AvgIpc) is 3.07. The minimum Gasteiger partial charge on any atom is -0.451 e. The van der Waals surface area contributed by atoms with Crippen LogP contribution in [0, 0.1) is 6.92 Å². The molecule has 0 spiro atoms. The van der Waals surface area contributed by atoms with E-state index < -0.39 is 0 Å². The molecule has 1 N–H and O–H groups in total. The van der Waals surface area contributed by atoms with Crippen molar-refractivity contribution in [2.24, 2.45) is 7.05 Å². The molecule has 0 bridgehead atoms. The van der Waals surface area contributed by atoms with E-state index in [0.29, 0.717) is 16.6 Å². The number of nitrogens with one attached hydrogen (secondary N) is 1. The lowest BCUT2D eigenvalue weighted by atomic mass is 10.2. The van der Waals surface area contributed by atoms with Gasteiger partial charge in [-0.25, -0.2) is 0 Å². The van der Waals surface area contributed by atoms with Crippen molar-refractivity contribution >= 4 is 23.3 Å². The summed E-state index contributed by atoms with van der Waals surface area (Å²) in [4.78, 5) is 12.2. The zero-order chi connectivity index (χ0) is 15.7. The number of hydrogen-bond acceptors (Lipinski definition) is 3. The number of anilines is 1. The van der Waals surface area contributed by atoms with Crippen LogP contribution in [0.5, 0.6) is 0 Å². The Labute approximate surface area is 132 Å². The molecular formula is C16H14ClN3O2. The summed E-state index contributed by atoms with van der Waals surface area (Å²) in [5.41, 5.74) is 1.70. The molecule has 6 heteroatoms. The van der Waals surface area contributed by atoms with E-state index in [2.05, 4.69) is 10.4 Å². The van der Waals surface area contributed by atoms with Crippen LogP contribution in [0.3, 0.4) is 0 Å². The molecule has 0 saturated heterocycles. The zero-order valence-corrected chi connectivity index (χ0v) is 12.9. The van der Waals surface area contributed by atoms with Crippen LogP contribution in [0.25, 0.3) is 11.3 Å². The SMILES string of the molecule is Cc1cc(NC(=O)c2ccc(-c3ccccc3Cl)o2)nn1C. The molecule has 1 aromatic carbocycles. The lowest BCUT2D eigenvalue weighted by molar-refractivity contribution is 0.0997. The molecule has 2 heterocycles. The Hall–Kier alpha value is -2.53. The van der Waals surface area contributed by atoms with Gasteiger partial charge in [-0.05, 0) is 31.2 Å². The fourth-order valence-corrected chi connectivity index (χ4v) is 2.29. The van der Waals surface area contributed by atoms with E-state index in [0.717, 1.165) is 11.3 Å². The van der Waals surface area contributed by atoms with Crippen LogP contribution >= 0.6 is 11.6 Å². The topological polar surface area (TPSA) is 60.1 Å². The van der Waals surface area contributed by atoms with Gasteiger partial charge in [-0.2, -0.15) is 5.10 Å². The number of carbonyl (C=O) groups excluding carboxylic acids is 1. The molecule has 0 aliphatic heterocycles. The summed E-state index contributed by atoms with van der Waals surface area (Å²) in [5.74, 6) is 0.892. The second kappa shape index (κ2) is 5.69. The van der Waals surface area contributed by atoms with E-state index in [1.807, 2.05) is 32.2 Å². The molecule has 22 heavy (non-hydrogen) atoms. The van der Waals surface area contributed by atoms with Crippen LogP contribution in [0.1, 0.15) is 16.2 Å². The van der Waals surface area contributed by atoms with Crippen molar-refractivity contribution in [1.29, 1.82) is 0 Å². The van der Waals surface area contributed by atoms with Crippen molar-refractivity contribution in [2.45, 2.75) is 6.92 Å². The molecule has 5 nitrogen and oxygen atoms in total. The van der Waals surface area contributed by atoms with Gasteiger partial charge in [0.05, 0.1) is 5.02 Å². The fraction of sp³-hybridized carbons (Fsp3) is 0.125. The van der Waals surface area contributed by atoms with E-state index in [1.165, 1.54) is 0 Å². The number of hydrogen-bond donors (Lipinski definition) is 1. The second-order valence-corrected chi connectivity index (χ2v) is 5.30. The number of benzene rings is 1. The molecule has 112 valence electrons. The molecule has 0 aliphatic rings. The smallest absolute Gasteiger partial charge is 0.292 e. The van der Waals surface area contributed by atoms with Gasteiger partial charge in [0.15, 0.2) is 11.6 Å². The molecule has 3 aromatic rings. The van der Waals surface area contributed by atoms with Crippen LogP contribution < -0.4 is 5.32 Å². The summed E-state index contributed by atoms with van der Waals surface area (Å²) in [6.45, 7) is 1.91. The van der Waals surface area contributed by atoms with Gasteiger partial charge in [0.1, 0.15) is 5.76 Å². The summed E-state index contributed by atoms with van der Waals surface area (Å²) in [5, 5.41) is 7.45. The Bertz CT molecular complexity index is 816. The van der Waals surface area contributed by atoms with Gasteiger partial charge >= 0.3 is 0 Å². The van der Waals surface area contributed by atoms with Gasteiger partial charge in [-0.1, -0.05) is 23.7 Å². The number of amides is 1. The molecule has 2 aromatic heterocycles. The summed E-state index contributed by atoms with van der Waals surface area (Å²) in [6, 6.07) is 12.4. The largest absolute Gasteiger partial charge is 0.451 e. The van der Waals surface area contributed by atoms with Crippen molar-refractivity contribution in [3.8, 4) is 11.3 Å². The van der Waals surface area contributed by atoms with Crippen LogP contribution in [0.15, 0.2) is 46.9 Å². The van der Waals surface area contributed by atoms with Crippen molar-refractivity contribution in [3.63, 3.8) is 0 Å². The first-order chi connectivity index (χ1) is 10.5. The fourth-order valence-electron chi connectivity index (χ4n) is 2.07. The van der Waals surface area contributed by atoms with Crippen LogP contribution in [0.2, 0.25) is 5.02 Å². The van der Waals surface area contributed by atoms with Crippen LogP contribution in [0.4, 0.5) is 5.82 Å². The van der Waals surface area contributed by atoms with Crippen molar-refractivity contribution in [1.82, 2.24) is 9.78 Å². The lowest BCUT2D eigenvalue weighted by Crippen LogP contribution is -2.11. The zero-order valence-electron chi connectivity index (χ0n) is 12.1. The maximum absolute atomic E-state index is 12.2. The summed E-state index contributed by atoms with van der Waals surface area (Å²) in [7, 11) is 1.81. The Morgan fingerprint density at radius 2 is 2.05 bits per heavy atom. The molecule has 3 rings (SSSR count). The molecule has 0 unspecified atom stereocenters. The first-order valence-corrected chi connectivity index (χ1v) is 7.09. The van der Waals surface area contributed by atoms with Crippen LogP contribution in [-0.4, -0.2) is 15.7 Å². The first kappa shape index (κ1) is 14.4. The van der Waals surface area contributed by atoms with Gasteiger partial charge in [0.2, 0.25) is 0 Å². The van der Waals surface area contributed by atoms with Gasteiger partial charge in [-0.3, -0.25) is 9.48 Å². The van der Waals surface area contributed by atoms with Gasteiger partial charge in [0.25, 0.3) is 5.91 Å². The molecule has 0 radical (unpaired) electrons. The molecular weight excluding hydrogens is 302 g/mol. The maximum atomic E-state index is 12.2. The number of carbonyl (C=O) groups is 1. The molecule has 0 saturated carbocycles. The third-order valence-electron chi connectivity index (χ3n) is 3.32. The Kier molecular flexibility index (Phi) is 3.73. The van der Waals surface area contributed by atoms with E-state index in [1.54, 1.807) is 28.9 Å².